The summed E-state index contributed by atoms with van der Waals surface area (Å²) in [5.74, 6) is -2.65. The van der Waals surface area contributed by atoms with E-state index in [1.807, 2.05) is 11.0 Å². The fourth-order valence-electron chi connectivity index (χ4n) is 4.97. The van der Waals surface area contributed by atoms with Crippen molar-refractivity contribution < 1.29 is 24.3 Å². The second-order valence-electron chi connectivity index (χ2n) is 7.73. The van der Waals surface area contributed by atoms with E-state index in [0.717, 1.165) is 25.9 Å². The van der Waals surface area contributed by atoms with Crippen molar-refractivity contribution in [2.75, 3.05) is 19.6 Å². The molecule has 0 aromatic carbocycles. The average molecular weight is 320 g/mol. The Kier molecular flexibility index (Phi) is 3.32. The van der Waals surface area contributed by atoms with Crippen molar-refractivity contribution in [2.24, 2.45) is 11.8 Å². The van der Waals surface area contributed by atoms with Crippen LogP contribution in [0.5, 0.6) is 0 Å². The first-order valence-electron chi connectivity index (χ1n) is 8.66. The summed E-state index contributed by atoms with van der Waals surface area (Å²) in [6, 6.07) is 0.816. The normalized spacial score (nSPS) is 45.1. The van der Waals surface area contributed by atoms with Crippen LogP contribution in [-0.2, 0) is 14.3 Å². The number of carbonyl (C=O) groups excluding carboxylic acids is 2. The molecule has 1 spiro atoms. The maximum Gasteiger partial charge on any atom is 0.230 e. The number of amides is 1. The Labute approximate surface area is 136 Å². The minimum absolute atomic E-state index is 0.0518. The first kappa shape index (κ1) is 15.1. The lowest BCUT2D eigenvalue weighted by Gasteiger charge is -2.37. The average Bonchev–Trinajstić information content (AvgIpc) is 3.15. The lowest BCUT2D eigenvalue weighted by Crippen LogP contribution is -3.16. The Balaban J connectivity index is 1.52. The van der Waals surface area contributed by atoms with E-state index in [1.54, 1.807) is 11.0 Å². The molecular weight excluding hydrogens is 296 g/mol. The maximum atomic E-state index is 12.9. The van der Waals surface area contributed by atoms with Gasteiger partial charge in [0.1, 0.15) is 5.60 Å². The van der Waals surface area contributed by atoms with Gasteiger partial charge in [0.15, 0.2) is 0 Å². The predicted octanol–water partition coefficient (Wildman–Crippen LogP) is -2.03. The van der Waals surface area contributed by atoms with Gasteiger partial charge in [-0.15, -0.1) is 0 Å². The number of hydrogen-bond donors (Lipinski definition) is 1. The van der Waals surface area contributed by atoms with E-state index in [4.69, 9.17) is 4.74 Å². The second kappa shape index (κ2) is 5.05. The Morgan fingerprint density at radius 2 is 2.13 bits per heavy atom. The topological polar surface area (TPSA) is 74.1 Å². The van der Waals surface area contributed by atoms with Crippen molar-refractivity contribution in [3.05, 3.63) is 12.2 Å². The van der Waals surface area contributed by atoms with E-state index in [9.17, 15) is 14.7 Å². The SMILES string of the molecule is CC(C)[NH+]1CCC(N2C[C@@]34C=C[C@@H](O3)[C@H](C(=O)[O-])[C@@H]4C2=O)CC1. The minimum Gasteiger partial charge on any atom is -0.550 e. The van der Waals surface area contributed by atoms with Crippen molar-refractivity contribution in [1.29, 1.82) is 0 Å². The van der Waals surface area contributed by atoms with Crippen LogP contribution in [0.4, 0.5) is 0 Å². The number of piperidine rings is 1. The Bertz CT molecular complexity index is 567. The van der Waals surface area contributed by atoms with Crippen molar-refractivity contribution in [1.82, 2.24) is 4.90 Å². The number of nitrogens with zero attached hydrogens (tertiary/aromatic N) is 1. The molecule has 6 heteroatoms. The number of rotatable bonds is 3. The lowest BCUT2D eigenvalue weighted by atomic mass is 9.77. The van der Waals surface area contributed by atoms with Crippen LogP contribution in [0.15, 0.2) is 12.2 Å². The third kappa shape index (κ3) is 2.08. The molecule has 3 saturated heterocycles. The number of aliphatic carboxylic acids is 1. The van der Waals surface area contributed by atoms with E-state index in [0.29, 0.717) is 12.6 Å². The molecule has 2 bridgehead atoms. The molecule has 0 radical (unpaired) electrons. The summed E-state index contributed by atoms with van der Waals surface area (Å²) in [6.07, 6.45) is 5.16. The van der Waals surface area contributed by atoms with Crippen molar-refractivity contribution in [3.8, 4) is 0 Å². The van der Waals surface area contributed by atoms with Gasteiger partial charge in [0, 0.05) is 30.8 Å². The van der Waals surface area contributed by atoms with Gasteiger partial charge in [-0.25, -0.2) is 0 Å². The van der Waals surface area contributed by atoms with Gasteiger partial charge in [-0.2, -0.15) is 0 Å². The predicted molar refractivity (Wildman–Crippen MR) is 79.3 cm³/mol. The quantitative estimate of drug-likeness (QED) is 0.609. The van der Waals surface area contributed by atoms with Crippen molar-refractivity contribution in [3.63, 3.8) is 0 Å². The summed E-state index contributed by atoms with van der Waals surface area (Å²) in [6.45, 7) is 7.07. The summed E-state index contributed by atoms with van der Waals surface area (Å²) in [5.41, 5.74) is -0.728. The first-order chi connectivity index (χ1) is 10.9. The van der Waals surface area contributed by atoms with Crippen LogP contribution >= 0.6 is 0 Å². The molecule has 23 heavy (non-hydrogen) atoms. The molecule has 4 atom stereocenters. The van der Waals surface area contributed by atoms with Gasteiger partial charge in [-0.3, -0.25) is 4.79 Å². The molecular formula is C17H24N2O4. The molecule has 0 aromatic heterocycles. The Morgan fingerprint density at radius 1 is 1.43 bits per heavy atom. The molecule has 4 heterocycles. The standard InChI is InChI=1S/C17H24N2O4/c1-10(2)18-7-4-11(5-8-18)19-9-17-6-3-12(23-17)13(16(21)22)14(17)15(19)20/h3,6,10-14H,4-5,7-9H2,1-2H3,(H,21,22)/t12-,13+,14-,17-/m1/s1. The first-order valence-corrected chi connectivity index (χ1v) is 8.66. The Morgan fingerprint density at radius 3 is 2.74 bits per heavy atom. The van der Waals surface area contributed by atoms with Gasteiger partial charge in [-0.1, -0.05) is 12.2 Å². The summed E-state index contributed by atoms with van der Waals surface area (Å²) in [7, 11) is 0. The van der Waals surface area contributed by atoms with Crippen LogP contribution < -0.4 is 10.0 Å². The molecule has 0 saturated carbocycles. The molecule has 1 N–H and O–H groups in total. The molecule has 1 amide bonds. The summed E-state index contributed by atoms with van der Waals surface area (Å²) < 4.78 is 5.91. The molecule has 0 aliphatic carbocycles. The molecule has 4 rings (SSSR count). The summed E-state index contributed by atoms with van der Waals surface area (Å²) in [5, 5.41) is 11.5. The molecule has 4 aliphatic rings. The highest BCUT2D eigenvalue weighted by Crippen LogP contribution is 2.52. The van der Waals surface area contributed by atoms with Gasteiger partial charge < -0.3 is 24.4 Å². The zero-order chi connectivity index (χ0) is 16.4. The highest BCUT2D eigenvalue weighted by molar-refractivity contribution is 5.90. The number of carboxylic acids is 1. The fraction of sp³-hybridized carbons (Fsp3) is 0.765. The molecule has 126 valence electrons. The zero-order valence-electron chi connectivity index (χ0n) is 13.7. The Hall–Kier alpha value is -1.40. The van der Waals surface area contributed by atoms with E-state index >= 15 is 0 Å². The summed E-state index contributed by atoms with van der Waals surface area (Å²) >= 11 is 0. The van der Waals surface area contributed by atoms with Crippen molar-refractivity contribution in [2.45, 2.75) is 50.5 Å². The van der Waals surface area contributed by atoms with Crippen LogP contribution in [0, 0.1) is 11.8 Å². The second-order valence-corrected chi connectivity index (χ2v) is 7.73. The number of hydrogen-bond acceptors (Lipinski definition) is 4. The number of likely N-dealkylation sites (tertiary alicyclic amines) is 2. The molecule has 3 fully saturated rings. The van der Waals surface area contributed by atoms with Gasteiger partial charge >= 0.3 is 0 Å². The lowest BCUT2D eigenvalue weighted by molar-refractivity contribution is -0.926. The highest BCUT2D eigenvalue weighted by atomic mass is 16.5. The number of ether oxygens (including phenoxy) is 1. The van der Waals surface area contributed by atoms with E-state index in [2.05, 4.69) is 13.8 Å². The van der Waals surface area contributed by atoms with E-state index in [1.165, 1.54) is 0 Å². The van der Waals surface area contributed by atoms with Gasteiger partial charge in [0.05, 0.1) is 37.7 Å². The van der Waals surface area contributed by atoms with Crippen LogP contribution in [0.1, 0.15) is 26.7 Å². The third-order valence-corrected chi connectivity index (χ3v) is 6.26. The van der Waals surface area contributed by atoms with Crippen molar-refractivity contribution >= 4 is 11.9 Å². The highest BCUT2D eigenvalue weighted by Gasteiger charge is 2.66. The maximum absolute atomic E-state index is 12.9. The van der Waals surface area contributed by atoms with Crippen LogP contribution in [-0.4, -0.2) is 60.2 Å². The molecule has 6 nitrogen and oxygen atoms in total. The van der Waals surface area contributed by atoms with Gasteiger partial charge in [0.2, 0.25) is 5.91 Å². The van der Waals surface area contributed by atoms with E-state index < -0.39 is 29.5 Å². The minimum atomic E-state index is -1.17. The van der Waals surface area contributed by atoms with Crippen LogP contribution in [0.25, 0.3) is 0 Å². The number of quaternary nitrogens is 1. The smallest absolute Gasteiger partial charge is 0.230 e. The zero-order valence-corrected chi connectivity index (χ0v) is 13.7. The monoisotopic (exact) mass is 320 g/mol. The van der Waals surface area contributed by atoms with Crippen LogP contribution in [0.3, 0.4) is 0 Å². The number of nitrogens with one attached hydrogen (secondary N) is 1. The third-order valence-electron chi connectivity index (χ3n) is 6.26. The summed E-state index contributed by atoms with van der Waals surface area (Å²) in [4.78, 5) is 27.9. The van der Waals surface area contributed by atoms with Crippen LogP contribution in [0.2, 0.25) is 0 Å². The van der Waals surface area contributed by atoms with Gasteiger partial charge in [-0.05, 0) is 13.8 Å². The van der Waals surface area contributed by atoms with Gasteiger partial charge in [0.25, 0.3) is 0 Å². The molecule has 4 aliphatic heterocycles. The number of carbonyl (C=O) groups is 2. The molecule has 0 unspecified atom stereocenters. The fourth-order valence-corrected chi connectivity index (χ4v) is 4.97. The number of fused-ring (bicyclic) bond motifs is 1. The number of carboxylic acid groups (broad SMARTS) is 1. The van der Waals surface area contributed by atoms with E-state index in [-0.39, 0.29) is 11.9 Å². The largest absolute Gasteiger partial charge is 0.550 e. The molecule has 0 aromatic rings.